The van der Waals surface area contributed by atoms with Crippen LogP contribution in [0, 0.1) is 5.92 Å². The number of nitrogens with one attached hydrogen (secondary N) is 2. The molecule has 1 aromatic carbocycles. The van der Waals surface area contributed by atoms with Gasteiger partial charge in [0.2, 0.25) is 5.95 Å². The van der Waals surface area contributed by atoms with Gasteiger partial charge < -0.3 is 15.7 Å². The van der Waals surface area contributed by atoms with Crippen molar-refractivity contribution in [3.8, 4) is 0 Å². The number of halogens is 5. The van der Waals surface area contributed by atoms with Crippen molar-refractivity contribution in [1.82, 2.24) is 9.97 Å². The van der Waals surface area contributed by atoms with Crippen molar-refractivity contribution in [2.45, 2.75) is 37.9 Å². The van der Waals surface area contributed by atoms with Gasteiger partial charge in [-0.05, 0) is 37.5 Å². The smallest absolute Gasteiger partial charge is 0.421 e. The highest BCUT2D eigenvalue weighted by Gasteiger charge is 2.36. The van der Waals surface area contributed by atoms with Gasteiger partial charge in [0.25, 0.3) is 0 Å². The summed E-state index contributed by atoms with van der Waals surface area (Å²) in [4.78, 5) is 18.9. The molecule has 0 amide bonds. The number of carboxylic acid groups (broad SMARTS) is 1. The molecule has 29 heavy (non-hydrogen) atoms. The molecule has 3 rings (SSSR count). The SMILES string of the molecule is O=C(O)C1CCCC(Nc2nc(Nc3ccc(Cl)c(Cl)c3)ncc2C(F)(F)F)C1. The van der Waals surface area contributed by atoms with Crippen LogP contribution in [0.3, 0.4) is 0 Å². The monoisotopic (exact) mass is 448 g/mol. The summed E-state index contributed by atoms with van der Waals surface area (Å²) in [5.74, 6) is -2.00. The summed E-state index contributed by atoms with van der Waals surface area (Å²) in [5, 5.41) is 15.3. The summed E-state index contributed by atoms with van der Waals surface area (Å²) in [6.07, 6.45) is -2.08. The number of nitrogens with zero attached hydrogens (tertiary/aromatic N) is 2. The fraction of sp³-hybridized carbons (Fsp3) is 0.389. The lowest BCUT2D eigenvalue weighted by Crippen LogP contribution is -2.32. The molecule has 0 bridgehead atoms. The molecule has 2 atom stereocenters. The minimum Gasteiger partial charge on any atom is -0.481 e. The average molecular weight is 449 g/mol. The molecule has 11 heteroatoms. The van der Waals surface area contributed by atoms with Gasteiger partial charge in [-0.3, -0.25) is 4.79 Å². The molecule has 156 valence electrons. The van der Waals surface area contributed by atoms with E-state index in [2.05, 4.69) is 20.6 Å². The Morgan fingerprint density at radius 3 is 2.62 bits per heavy atom. The maximum Gasteiger partial charge on any atom is 0.421 e. The maximum atomic E-state index is 13.4. The minimum absolute atomic E-state index is 0.0653. The largest absolute Gasteiger partial charge is 0.481 e. The first-order chi connectivity index (χ1) is 13.6. The zero-order valence-corrected chi connectivity index (χ0v) is 16.4. The van der Waals surface area contributed by atoms with Crippen LogP contribution in [-0.4, -0.2) is 27.1 Å². The third-order valence-corrected chi connectivity index (χ3v) is 5.37. The highest BCUT2D eigenvalue weighted by molar-refractivity contribution is 6.42. The van der Waals surface area contributed by atoms with Crippen molar-refractivity contribution < 1.29 is 23.1 Å². The van der Waals surface area contributed by atoms with Crippen molar-refractivity contribution in [2.24, 2.45) is 5.92 Å². The summed E-state index contributed by atoms with van der Waals surface area (Å²) < 4.78 is 40.2. The molecule has 3 N–H and O–H groups in total. The first-order valence-electron chi connectivity index (χ1n) is 8.79. The molecular weight excluding hydrogens is 432 g/mol. The van der Waals surface area contributed by atoms with Gasteiger partial charge in [0.15, 0.2) is 0 Å². The van der Waals surface area contributed by atoms with Crippen LogP contribution in [0.25, 0.3) is 0 Å². The minimum atomic E-state index is -4.66. The fourth-order valence-corrected chi connectivity index (χ4v) is 3.50. The molecule has 0 radical (unpaired) electrons. The number of aromatic nitrogens is 2. The topological polar surface area (TPSA) is 87.1 Å². The Bertz CT molecular complexity index is 911. The number of rotatable bonds is 5. The predicted octanol–water partition coefficient (Wildman–Crippen LogP) is 5.60. The summed E-state index contributed by atoms with van der Waals surface area (Å²) >= 11 is 11.8. The molecule has 1 fully saturated rings. The van der Waals surface area contributed by atoms with Gasteiger partial charge >= 0.3 is 12.1 Å². The number of aliphatic carboxylic acids is 1. The fourth-order valence-electron chi connectivity index (χ4n) is 3.20. The summed E-state index contributed by atoms with van der Waals surface area (Å²) in [5.41, 5.74) is -0.566. The van der Waals surface area contributed by atoms with Crippen molar-refractivity contribution in [1.29, 1.82) is 0 Å². The van der Waals surface area contributed by atoms with Crippen LogP contribution in [0.5, 0.6) is 0 Å². The van der Waals surface area contributed by atoms with Gasteiger partial charge in [-0.1, -0.05) is 29.6 Å². The Kier molecular flexibility index (Phi) is 6.38. The van der Waals surface area contributed by atoms with Crippen molar-refractivity contribution in [2.75, 3.05) is 10.6 Å². The Labute approximate surface area is 174 Å². The van der Waals surface area contributed by atoms with E-state index in [0.29, 0.717) is 36.2 Å². The Morgan fingerprint density at radius 2 is 1.97 bits per heavy atom. The number of hydrogen-bond acceptors (Lipinski definition) is 5. The van der Waals surface area contributed by atoms with Gasteiger partial charge in [0.1, 0.15) is 11.4 Å². The number of anilines is 3. The van der Waals surface area contributed by atoms with Gasteiger partial charge in [0.05, 0.1) is 16.0 Å². The number of carbonyl (C=O) groups is 1. The zero-order chi connectivity index (χ0) is 21.2. The number of carboxylic acids is 1. The standard InChI is InChI=1S/C18H17Cl2F3N4O2/c19-13-5-4-11(7-14(13)20)26-17-24-8-12(18(21,22)23)15(27-17)25-10-3-1-2-9(6-10)16(28)29/h4-5,7-10H,1-3,6H2,(H,28,29)(H2,24,25,26,27). The van der Waals surface area contributed by atoms with Crippen LogP contribution in [0.15, 0.2) is 24.4 Å². The molecular formula is C18H17Cl2F3N4O2. The quantitative estimate of drug-likeness (QED) is 0.551. The summed E-state index contributed by atoms with van der Waals surface area (Å²) in [6.45, 7) is 0. The van der Waals surface area contributed by atoms with E-state index in [4.69, 9.17) is 23.2 Å². The molecule has 0 spiro atoms. The van der Waals surface area contributed by atoms with E-state index in [-0.39, 0.29) is 17.4 Å². The second-order valence-corrected chi connectivity index (χ2v) is 7.56. The van der Waals surface area contributed by atoms with E-state index in [1.165, 1.54) is 12.1 Å². The van der Waals surface area contributed by atoms with Crippen LogP contribution in [0.1, 0.15) is 31.2 Å². The Balaban J connectivity index is 1.85. The molecule has 2 aromatic rings. The van der Waals surface area contributed by atoms with Crippen molar-refractivity contribution >= 4 is 46.6 Å². The first-order valence-corrected chi connectivity index (χ1v) is 9.54. The van der Waals surface area contributed by atoms with E-state index in [1.54, 1.807) is 6.07 Å². The highest BCUT2D eigenvalue weighted by Crippen LogP contribution is 2.36. The van der Waals surface area contributed by atoms with Crippen LogP contribution in [0.2, 0.25) is 10.0 Å². The zero-order valence-electron chi connectivity index (χ0n) is 14.9. The number of hydrogen-bond donors (Lipinski definition) is 3. The maximum absolute atomic E-state index is 13.4. The Morgan fingerprint density at radius 1 is 1.21 bits per heavy atom. The van der Waals surface area contributed by atoms with E-state index in [0.717, 1.165) is 0 Å². The number of alkyl halides is 3. The molecule has 1 aliphatic carbocycles. The third kappa shape index (κ3) is 5.42. The van der Waals surface area contributed by atoms with Crippen LogP contribution >= 0.6 is 23.2 Å². The molecule has 1 heterocycles. The second kappa shape index (κ2) is 8.62. The lowest BCUT2D eigenvalue weighted by molar-refractivity contribution is -0.143. The van der Waals surface area contributed by atoms with Crippen LogP contribution < -0.4 is 10.6 Å². The van der Waals surface area contributed by atoms with Crippen molar-refractivity contribution in [3.05, 3.63) is 40.0 Å². The first kappa shape index (κ1) is 21.4. The van der Waals surface area contributed by atoms with Gasteiger partial charge in [-0.2, -0.15) is 18.2 Å². The third-order valence-electron chi connectivity index (χ3n) is 4.63. The lowest BCUT2D eigenvalue weighted by Gasteiger charge is -2.28. The van der Waals surface area contributed by atoms with E-state index < -0.39 is 35.5 Å². The molecule has 0 aliphatic heterocycles. The highest BCUT2D eigenvalue weighted by atomic mass is 35.5. The van der Waals surface area contributed by atoms with Gasteiger partial charge in [-0.25, -0.2) is 4.98 Å². The average Bonchev–Trinajstić information content (AvgIpc) is 2.64. The Hall–Kier alpha value is -2.26. The summed E-state index contributed by atoms with van der Waals surface area (Å²) in [6, 6.07) is 4.18. The van der Waals surface area contributed by atoms with Crippen molar-refractivity contribution in [3.63, 3.8) is 0 Å². The van der Waals surface area contributed by atoms with Gasteiger partial charge in [0, 0.05) is 17.9 Å². The van der Waals surface area contributed by atoms with E-state index in [1.807, 2.05) is 0 Å². The number of benzene rings is 1. The van der Waals surface area contributed by atoms with E-state index in [9.17, 15) is 23.1 Å². The molecule has 1 aromatic heterocycles. The predicted molar refractivity (Wildman–Crippen MR) is 104 cm³/mol. The molecule has 6 nitrogen and oxygen atoms in total. The molecule has 0 saturated heterocycles. The van der Waals surface area contributed by atoms with Crippen LogP contribution in [0.4, 0.5) is 30.6 Å². The van der Waals surface area contributed by atoms with E-state index >= 15 is 0 Å². The lowest BCUT2D eigenvalue weighted by atomic mass is 9.86. The van der Waals surface area contributed by atoms with Gasteiger partial charge in [-0.15, -0.1) is 0 Å². The normalized spacial score (nSPS) is 19.6. The molecule has 1 aliphatic rings. The molecule has 2 unspecified atom stereocenters. The second-order valence-electron chi connectivity index (χ2n) is 6.75. The summed E-state index contributed by atoms with van der Waals surface area (Å²) in [7, 11) is 0. The molecule has 1 saturated carbocycles. The van der Waals surface area contributed by atoms with Crippen LogP contribution in [-0.2, 0) is 11.0 Å².